The molecule has 1 fully saturated rings. The Hall–Kier alpha value is -1.34. The summed E-state index contributed by atoms with van der Waals surface area (Å²) in [6, 6.07) is 10.6. The number of likely N-dealkylation sites (N-methyl/N-ethyl adjacent to an activating group) is 1. The van der Waals surface area contributed by atoms with Gasteiger partial charge < -0.3 is 5.32 Å². The van der Waals surface area contributed by atoms with Gasteiger partial charge in [0, 0.05) is 16.1 Å². The summed E-state index contributed by atoms with van der Waals surface area (Å²) in [5, 5.41) is 13.7. The Morgan fingerprint density at radius 1 is 1.30 bits per heavy atom. The van der Waals surface area contributed by atoms with Crippen molar-refractivity contribution in [3.8, 4) is 6.07 Å². The quantitative estimate of drug-likeness (QED) is 0.851. The van der Waals surface area contributed by atoms with Crippen molar-refractivity contribution in [2.24, 2.45) is 11.8 Å². The highest BCUT2D eigenvalue weighted by atomic mass is 35.5. The topological polar surface area (TPSA) is 35.8 Å². The first kappa shape index (κ1) is 16.5. The Bertz CT molecular complexity index is 799. The fraction of sp³-hybridized carbons (Fsp3) is 0.421. The SMILES string of the molecule is CNCC1=C(c2cc3ccc(C#N)cc3s2)[C@H]2CCC(C1)C2.Cl. The third kappa shape index (κ3) is 2.92. The number of allylic oxidation sites excluding steroid dienone is 1. The number of nitrogens with one attached hydrogen (secondary N) is 1. The number of benzene rings is 1. The molecule has 2 nitrogen and oxygen atoms in total. The lowest BCUT2D eigenvalue weighted by Gasteiger charge is -2.26. The highest BCUT2D eigenvalue weighted by molar-refractivity contribution is 7.20. The average molecular weight is 345 g/mol. The Balaban J connectivity index is 0.00000156. The predicted molar refractivity (Wildman–Crippen MR) is 100 cm³/mol. The monoisotopic (exact) mass is 344 g/mol. The maximum absolute atomic E-state index is 9.09. The number of hydrogen-bond acceptors (Lipinski definition) is 3. The molecule has 0 spiro atoms. The van der Waals surface area contributed by atoms with Gasteiger partial charge in [0.15, 0.2) is 0 Å². The van der Waals surface area contributed by atoms with Crippen molar-refractivity contribution in [2.45, 2.75) is 25.7 Å². The zero-order valence-corrected chi connectivity index (χ0v) is 14.9. The van der Waals surface area contributed by atoms with E-state index in [0.717, 1.165) is 23.9 Å². The summed E-state index contributed by atoms with van der Waals surface area (Å²) >= 11 is 1.86. The molecule has 4 heteroatoms. The Kier molecular flexibility index (Phi) is 4.77. The minimum Gasteiger partial charge on any atom is -0.316 e. The largest absolute Gasteiger partial charge is 0.316 e. The molecule has 0 aliphatic heterocycles. The number of fused-ring (bicyclic) bond motifs is 3. The molecule has 1 unspecified atom stereocenters. The van der Waals surface area contributed by atoms with Crippen molar-refractivity contribution >= 4 is 39.4 Å². The lowest BCUT2D eigenvalue weighted by atomic mass is 9.82. The fourth-order valence-electron chi connectivity index (χ4n) is 4.26. The van der Waals surface area contributed by atoms with Gasteiger partial charge >= 0.3 is 0 Å². The second-order valence-electron chi connectivity index (χ2n) is 6.60. The van der Waals surface area contributed by atoms with Gasteiger partial charge in [0.05, 0.1) is 11.6 Å². The first-order chi connectivity index (χ1) is 10.8. The minimum atomic E-state index is 0. The number of nitrogens with zero attached hydrogens (tertiary/aromatic N) is 1. The zero-order chi connectivity index (χ0) is 15.1. The van der Waals surface area contributed by atoms with Gasteiger partial charge in [0.25, 0.3) is 0 Å². The minimum absolute atomic E-state index is 0. The molecule has 120 valence electrons. The van der Waals surface area contributed by atoms with Crippen LogP contribution in [0, 0.1) is 23.2 Å². The summed E-state index contributed by atoms with van der Waals surface area (Å²) in [5.41, 5.74) is 3.99. The number of nitriles is 1. The molecule has 0 radical (unpaired) electrons. The van der Waals surface area contributed by atoms with E-state index in [-0.39, 0.29) is 12.4 Å². The second kappa shape index (κ2) is 6.65. The van der Waals surface area contributed by atoms with E-state index in [4.69, 9.17) is 5.26 Å². The fourth-order valence-corrected chi connectivity index (χ4v) is 5.53. The third-order valence-electron chi connectivity index (χ3n) is 5.17. The predicted octanol–water partition coefficient (Wildman–Crippen LogP) is 4.99. The molecule has 0 amide bonds. The van der Waals surface area contributed by atoms with Crippen LogP contribution < -0.4 is 5.32 Å². The van der Waals surface area contributed by atoms with E-state index >= 15 is 0 Å². The number of thiophene rings is 1. The van der Waals surface area contributed by atoms with Crippen LogP contribution in [0.15, 0.2) is 29.8 Å². The summed E-state index contributed by atoms with van der Waals surface area (Å²) in [7, 11) is 2.05. The van der Waals surface area contributed by atoms with Gasteiger partial charge in [0.1, 0.15) is 0 Å². The molecule has 0 saturated heterocycles. The van der Waals surface area contributed by atoms with E-state index in [2.05, 4.69) is 23.5 Å². The lowest BCUT2D eigenvalue weighted by Crippen LogP contribution is -2.18. The molecule has 2 atom stereocenters. The highest BCUT2D eigenvalue weighted by Crippen LogP contribution is 2.50. The van der Waals surface area contributed by atoms with E-state index in [1.54, 1.807) is 11.1 Å². The van der Waals surface area contributed by atoms with E-state index < -0.39 is 0 Å². The molecular formula is C19H21ClN2S. The van der Waals surface area contributed by atoms with Crippen LogP contribution in [0.1, 0.15) is 36.1 Å². The molecule has 1 heterocycles. The Labute approximate surface area is 147 Å². The van der Waals surface area contributed by atoms with Gasteiger partial charge in [-0.1, -0.05) is 11.6 Å². The molecule has 2 bridgehead atoms. The summed E-state index contributed by atoms with van der Waals surface area (Å²) in [4.78, 5) is 1.43. The van der Waals surface area contributed by atoms with E-state index in [9.17, 15) is 0 Å². The van der Waals surface area contributed by atoms with Crippen LogP contribution in [0.3, 0.4) is 0 Å². The van der Waals surface area contributed by atoms with Crippen molar-refractivity contribution in [1.82, 2.24) is 5.32 Å². The molecule has 1 aromatic carbocycles. The standard InChI is InChI=1S/C19H20N2S.ClH/c1-21-11-16-7-12-2-5-15(6-12)19(16)18-9-14-4-3-13(10-20)8-17(14)22-18;/h3-4,8-9,12,15,21H,2,5-7,11H2,1H3;1H/t12?,15-;/m0./s1. The molecular weight excluding hydrogens is 324 g/mol. The maximum atomic E-state index is 9.09. The van der Waals surface area contributed by atoms with Gasteiger partial charge in [-0.25, -0.2) is 0 Å². The van der Waals surface area contributed by atoms with E-state index in [0.29, 0.717) is 0 Å². The normalized spacial score (nSPS) is 23.0. The van der Waals surface area contributed by atoms with Crippen molar-refractivity contribution in [3.05, 3.63) is 40.3 Å². The molecule has 4 rings (SSSR count). The van der Waals surface area contributed by atoms with Crippen molar-refractivity contribution in [3.63, 3.8) is 0 Å². The summed E-state index contributed by atoms with van der Waals surface area (Å²) in [6.45, 7) is 1.01. The molecule has 23 heavy (non-hydrogen) atoms. The van der Waals surface area contributed by atoms with Crippen molar-refractivity contribution in [2.75, 3.05) is 13.6 Å². The van der Waals surface area contributed by atoms with E-state index in [1.807, 2.05) is 30.5 Å². The summed E-state index contributed by atoms with van der Waals surface area (Å²) in [5.74, 6) is 1.67. The maximum Gasteiger partial charge on any atom is 0.0992 e. The van der Waals surface area contributed by atoms with Gasteiger partial charge in [-0.2, -0.15) is 5.26 Å². The van der Waals surface area contributed by atoms with Crippen molar-refractivity contribution < 1.29 is 0 Å². The highest BCUT2D eigenvalue weighted by Gasteiger charge is 2.35. The average Bonchev–Trinajstić information content (AvgIpc) is 3.11. The van der Waals surface area contributed by atoms with Gasteiger partial charge in [-0.05, 0) is 73.7 Å². The van der Waals surface area contributed by atoms with Crippen LogP contribution in [-0.4, -0.2) is 13.6 Å². The zero-order valence-electron chi connectivity index (χ0n) is 13.3. The molecule has 1 saturated carbocycles. The van der Waals surface area contributed by atoms with Crippen LogP contribution >= 0.6 is 23.7 Å². The van der Waals surface area contributed by atoms with Crippen LogP contribution in [0.25, 0.3) is 15.7 Å². The first-order valence-corrected chi connectivity index (χ1v) is 8.90. The third-order valence-corrected chi connectivity index (χ3v) is 6.30. The Morgan fingerprint density at radius 2 is 2.17 bits per heavy atom. The molecule has 1 N–H and O–H groups in total. The summed E-state index contributed by atoms with van der Waals surface area (Å²) in [6.07, 6.45) is 5.39. The number of halogens is 1. The molecule has 2 aliphatic carbocycles. The molecule has 1 aromatic heterocycles. The van der Waals surface area contributed by atoms with Crippen LogP contribution in [-0.2, 0) is 0 Å². The van der Waals surface area contributed by atoms with E-state index in [1.165, 1.54) is 40.6 Å². The Morgan fingerprint density at radius 3 is 2.96 bits per heavy atom. The smallest absolute Gasteiger partial charge is 0.0992 e. The first-order valence-electron chi connectivity index (χ1n) is 8.09. The van der Waals surface area contributed by atoms with Gasteiger partial charge in [-0.3, -0.25) is 0 Å². The molecule has 2 aliphatic rings. The molecule has 2 aromatic rings. The van der Waals surface area contributed by atoms with Crippen LogP contribution in [0.4, 0.5) is 0 Å². The summed E-state index contributed by atoms with van der Waals surface area (Å²) < 4.78 is 1.24. The number of hydrogen-bond donors (Lipinski definition) is 1. The lowest BCUT2D eigenvalue weighted by molar-refractivity contribution is 0.503. The van der Waals surface area contributed by atoms with Gasteiger partial charge in [-0.15, -0.1) is 23.7 Å². The van der Waals surface area contributed by atoms with Crippen LogP contribution in [0.5, 0.6) is 0 Å². The second-order valence-corrected chi connectivity index (χ2v) is 7.69. The number of rotatable bonds is 3. The van der Waals surface area contributed by atoms with Crippen molar-refractivity contribution in [1.29, 1.82) is 5.26 Å². The van der Waals surface area contributed by atoms with Crippen LogP contribution in [0.2, 0.25) is 0 Å². The van der Waals surface area contributed by atoms with Gasteiger partial charge in [0.2, 0.25) is 0 Å².